The lowest BCUT2D eigenvalue weighted by Gasteiger charge is -2.18. The molecule has 0 radical (unpaired) electrons. The first-order chi connectivity index (χ1) is 14.5. The number of fused-ring (bicyclic) bond motifs is 3. The molecule has 0 saturated heterocycles. The summed E-state index contributed by atoms with van der Waals surface area (Å²) in [7, 11) is 0. The number of alkyl carbamates (subject to hydrolysis) is 1. The fraction of sp³-hybridized carbons (Fsp3) is 0.261. The number of hydrogen-bond donors (Lipinski definition) is 2. The van der Waals surface area contributed by atoms with E-state index in [4.69, 9.17) is 14.6 Å². The predicted molar refractivity (Wildman–Crippen MR) is 110 cm³/mol. The van der Waals surface area contributed by atoms with E-state index in [1.54, 1.807) is 0 Å². The van der Waals surface area contributed by atoms with Crippen LogP contribution in [0.15, 0.2) is 61.2 Å². The van der Waals surface area contributed by atoms with E-state index < -0.39 is 24.1 Å². The minimum atomic E-state index is -1.11. The number of ether oxygens (including phenoxy) is 2. The number of carbonyl (C=O) groups excluding carboxylic acids is 2. The first-order valence-corrected chi connectivity index (χ1v) is 9.62. The Balaban J connectivity index is 1.66. The predicted octanol–water partition coefficient (Wildman–Crippen LogP) is 3.49. The smallest absolute Gasteiger partial charge is 0.407 e. The fourth-order valence-electron chi connectivity index (χ4n) is 3.54. The first-order valence-electron chi connectivity index (χ1n) is 9.62. The van der Waals surface area contributed by atoms with Crippen LogP contribution < -0.4 is 5.32 Å². The van der Waals surface area contributed by atoms with E-state index in [1.807, 2.05) is 48.5 Å². The highest BCUT2D eigenvalue weighted by Gasteiger charge is 2.30. The van der Waals surface area contributed by atoms with Gasteiger partial charge in [-0.2, -0.15) is 0 Å². The van der Waals surface area contributed by atoms with Crippen molar-refractivity contribution in [3.63, 3.8) is 0 Å². The van der Waals surface area contributed by atoms with Crippen LogP contribution >= 0.6 is 0 Å². The third-order valence-electron chi connectivity index (χ3n) is 4.91. The number of carbonyl (C=O) groups is 3. The summed E-state index contributed by atoms with van der Waals surface area (Å²) in [6, 6.07) is 14.8. The molecule has 0 bridgehead atoms. The lowest BCUT2D eigenvalue weighted by Crippen LogP contribution is -2.42. The molecule has 1 aliphatic carbocycles. The van der Waals surface area contributed by atoms with Crippen LogP contribution in [0.3, 0.4) is 0 Å². The van der Waals surface area contributed by atoms with Gasteiger partial charge in [-0.15, -0.1) is 0 Å². The Labute approximate surface area is 174 Å². The molecular formula is C23H23NO6. The van der Waals surface area contributed by atoms with E-state index in [-0.39, 0.29) is 32.0 Å². The lowest BCUT2D eigenvalue weighted by atomic mass is 9.98. The normalized spacial score (nSPS) is 12.9. The van der Waals surface area contributed by atoms with Crippen LogP contribution in [0.1, 0.15) is 29.9 Å². The quantitative estimate of drug-likeness (QED) is 0.486. The maximum atomic E-state index is 12.3. The molecule has 0 spiro atoms. The maximum Gasteiger partial charge on any atom is 0.407 e. The summed E-state index contributed by atoms with van der Waals surface area (Å²) < 4.78 is 10.3. The third kappa shape index (κ3) is 4.86. The highest BCUT2D eigenvalue weighted by atomic mass is 16.6. The molecule has 2 aromatic rings. The van der Waals surface area contributed by atoms with E-state index in [0.29, 0.717) is 0 Å². The minimum Gasteiger partial charge on any atom is -0.481 e. The van der Waals surface area contributed by atoms with Crippen molar-refractivity contribution >= 4 is 18.0 Å². The van der Waals surface area contributed by atoms with E-state index >= 15 is 0 Å². The van der Waals surface area contributed by atoms with Crippen LogP contribution in [0, 0.1) is 0 Å². The minimum absolute atomic E-state index is 0.0330. The third-order valence-corrected chi connectivity index (χ3v) is 4.91. The van der Waals surface area contributed by atoms with Crippen LogP contribution in [0.4, 0.5) is 4.79 Å². The summed E-state index contributed by atoms with van der Waals surface area (Å²) in [4.78, 5) is 35.3. The van der Waals surface area contributed by atoms with Crippen molar-refractivity contribution < 1.29 is 29.0 Å². The summed E-state index contributed by atoms with van der Waals surface area (Å²) >= 11 is 0. The molecule has 0 unspecified atom stereocenters. The molecule has 0 fully saturated rings. The van der Waals surface area contributed by atoms with Gasteiger partial charge in [0.1, 0.15) is 19.3 Å². The van der Waals surface area contributed by atoms with Crippen molar-refractivity contribution in [2.75, 3.05) is 13.2 Å². The van der Waals surface area contributed by atoms with Gasteiger partial charge in [-0.25, -0.2) is 9.59 Å². The van der Waals surface area contributed by atoms with Crippen LogP contribution in [-0.2, 0) is 19.1 Å². The molecule has 2 aromatic carbocycles. The number of carboxylic acid groups (broad SMARTS) is 1. The van der Waals surface area contributed by atoms with Gasteiger partial charge in [0.25, 0.3) is 0 Å². The summed E-state index contributed by atoms with van der Waals surface area (Å²) in [6.45, 7) is 3.51. The standard InChI is InChI=1S/C23H23NO6/c1-2-13-29-22(27)20(11-12-21(25)26)24-23(28)30-14-19-17-9-5-3-7-15(17)16-8-4-6-10-18(16)19/h2-10,19-20H,1,11-14H2,(H,24,28)(H,25,26)/t20-/m1/s1. The van der Waals surface area contributed by atoms with Gasteiger partial charge >= 0.3 is 18.0 Å². The highest BCUT2D eigenvalue weighted by molar-refractivity contribution is 5.82. The summed E-state index contributed by atoms with van der Waals surface area (Å²) in [6.07, 6.45) is 0.190. The number of amides is 1. The van der Waals surface area contributed by atoms with Crippen molar-refractivity contribution in [3.8, 4) is 11.1 Å². The number of rotatable bonds is 9. The molecule has 2 N–H and O–H groups in total. The first kappa shape index (κ1) is 21.1. The van der Waals surface area contributed by atoms with Crippen molar-refractivity contribution in [1.82, 2.24) is 5.32 Å². The molecule has 3 rings (SSSR count). The highest BCUT2D eigenvalue weighted by Crippen LogP contribution is 2.44. The molecule has 156 valence electrons. The lowest BCUT2D eigenvalue weighted by molar-refractivity contribution is -0.145. The zero-order valence-corrected chi connectivity index (χ0v) is 16.4. The van der Waals surface area contributed by atoms with Gasteiger partial charge in [-0.05, 0) is 28.7 Å². The van der Waals surface area contributed by atoms with Crippen molar-refractivity contribution in [2.45, 2.75) is 24.8 Å². The van der Waals surface area contributed by atoms with Crippen LogP contribution in [0.2, 0.25) is 0 Å². The van der Waals surface area contributed by atoms with E-state index in [9.17, 15) is 14.4 Å². The van der Waals surface area contributed by atoms with Gasteiger partial charge < -0.3 is 19.9 Å². The van der Waals surface area contributed by atoms with Gasteiger partial charge in [-0.1, -0.05) is 61.2 Å². The topological polar surface area (TPSA) is 102 Å². The monoisotopic (exact) mass is 409 g/mol. The zero-order valence-electron chi connectivity index (χ0n) is 16.4. The van der Waals surface area contributed by atoms with Crippen LogP contribution in [-0.4, -0.2) is 42.4 Å². The van der Waals surface area contributed by atoms with Gasteiger partial charge in [-0.3, -0.25) is 4.79 Å². The Morgan fingerprint density at radius 2 is 1.63 bits per heavy atom. The number of carboxylic acids is 1. The molecular weight excluding hydrogens is 386 g/mol. The van der Waals surface area contributed by atoms with Crippen LogP contribution in [0.25, 0.3) is 11.1 Å². The van der Waals surface area contributed by atoms with Crippen molar-refractivity contribution in [2.24, 2.45) is 0 Å². The fourth-order valence-corrected chi connectivity index (χ4v) is 3.54. The Hall–Kier alpha value is -3.61. The maximum absolute atomic E-state index is 12.3. The Morgan fingerprint density at radius 1 is 1.03 bits per heavy atom. The van der Waals surface area contributed by atoms with E-state index in [0.717, 1.165) is 22.3 Å². The molecule has 1 amide bonds. The molecule has 30 heavy (non-hydrogen) atoms. The van der Waals surface area contributed by atoms with Crippen molar-refractivity contribution in [1.29, 1.82) is 0 Å². The second kappa shape index (κ2) is 9.73. The molecule has 0 aromatic heterocycles. The van der Waals surface area contributed by atoms with Gasteiger partial charge in [0.15, 0.2) is 0 Å². The molecule has 1 atom stereocenters. The Morgan fingerprint density at radius 3 is 2.20 bits per heavy atom. The molecule has 0 saturated carbocycles. The van der Waals surface area contributed by atoms with Crippen molar-refractivity contribution in [3.05, 3.63) is 72.3 Å². The number of nitrogens with one attached hydrogen (secondary N) is 1. The number of hydrogen-bond acceptors (Lipinski definition) is 5. The van der Waals surface area contributed by atoms with Crippen LogP contribution in [0.5, 0.6) is 0 Å². The van der Waals surface area contributed by atoms with E-state index in [2.05, 4.69) is 11.9 Å². The largest absolute Gasteiger partial charge is 0.481 e. The Bertz CT molecular complexity index is 909. The molecule has 7 heteroatoms. The number of aliphatic carboxylic acids is 1. The number of esters is 1. The SMILES string of the molecule is C=CCOC(=O)[C@@H](CCC(=O)O)NC(=O)OCC1c2ccccc2-c2ccccc21. The van der Waals surface area contributed by atoms with Gasteiger partial charge in [0, 0.05) is 12.3 Å². The second-order valence-corrected chi connectivity index (χ2v) is 6.87. The summed E-state index contributed by atoms with van der Waals surface area (Å²) in [5, 5.41) is 11.3. The van der Waals surface area contributed by atoms with E-state index in [1.165, 1.54) is 6.08 Å². The number of benzene rings is 2. The average molecular weight is 409 g/mol. The molecule has 1 aliphatic rings. The Kier molecular flexibility index (Phi) is 6.85. The zero-order chi connectivity index (χ0) is 21.5. The molecule has 7 nitrogen and oxygen atoms in total. The van der Waals surface area contributed by atoms with Gasteiger partial charge in [0.2, 0.25) is 0 Å². The summed E-state index contributed by atoms with van der Waals surface area (Å²) in [5.74, 6) is -1.93. The second-order valence-electron chi connectivity index (χ2n) is 6.87. The molecule has 0 heterocycles. The van der Waals surface area contributed by atoms with Gasteiger partial charge in [0.05, 0.1) is 0 Å². The molecule has 0 aliphatic heterocycles. The average Bonchev–Trinajstić information content (AvgIpc) is 3.07. The summed E-state index contributed by atoms with van der Waals surface area (Å²) in [5.41, 5.74) is 4.35.